The molecule has 1 aliphatic carbocycles. The summed E-state index contributed by atoms with van der Waals surface area (Å²) in [5, 5.41) is 6.82. The first kappa shape index (κ1) is 18.4. The lowest BCUT2D eigenvalue weighted by atomic mass is 10.1. The number of carbonyl (C=O) groups excluding carboxylic acids is 1. The highest BCUT2D eigenvalue weighted by molar-refractivity contribution is 5.82. The van der Waals surface area contributed by atoms with Gasteiger partial charge in [0.15, 0.2) is 0 Å². The molecule has 1 aliphatic heterocycles. The molecule has 3 rings (SSSR count). The topological polar surface area (TPSA) is 53.6 Å². The van der Waals surface area contributed by atoms with Gasteiger partial charge in [-0.15, -0.1) is 0 Å². The van der Waals surface area contributed by atoms with E-state index >= 15 is 0 Å². The molecule has 1 aromatic carbocycles. The van der Waals surface area contributed by atoms with Gasteiger partial charge in [-0.3, -0.25) is 9.69 Å². The molecule has 138 valence electrons. The summed E-state index contributed by atoms with van der Waals surface area (Å²) in [5.41, 5.74) is 2.93. The van der Waals surface area contributed by atoms with Crippen molar-refractivity contribution in [2.24, 2.45) is 0 Å². The maximum atomic E-state index is 12.6. The molecule has 0 aromatic heterocycles. The van der Waals surface area contributed by atoms with Gasteiger partial charge in [0.05, 0.1) is 12.6 Å². The number of hydrogen-bond acceptors (Lipinski definition) is 4. The predicted molar refractivity (Wildman–Crippen MR) is 99.7 cm³/mol. The fraction of sp³-hybridized carbons (Fsp3) is 0.650. The van der Waals surface area contributed by atoms with Crippen molar-refractivity contribution in [3.63, 3.8) is 0 Å². The second-order valence-electron chi connectivity index (χ2n) is 7.56. The number of nitrogens with zero attached hydrogens (tertiary/aromatic N) is 1. The number of hydrogen-bond donors (Lipinski definition) is 2. The molecule has 0 spiro atoms. The van der Waals surface area contributed by atoms with E-state index in [2.05, 4.69) is 53.6 Å². The van der Waals surface area contributed by atoms with Crippen LogP contribution in [0.3, 0.4) is 0 Å². The summed E-state index contributed by atoms with van der Waals surface area (Å²) in [5.74, 6) is 0.129. The van der Waals surface area contributed by atoms with E-state index in [1.807, 2.05) is 0 Å². The number of rotatable bonds is 7. The van der Waals surface area contributed by atoms with Gasteiger partial charge in [-0.1, -0.05) is 24.3 Å². The summed E-state index contributed by atoms with van der Waals surface area (Å²) in [4.78, 5) is 14.9. The highest BCUT2D eigenvalue weighted by atomic mass is 16.5. The summed E-state index contributed by atoms with van der Waals surface area (Å²) >= 11 is 0. The van der Waals surface area contributed by atoms with Gasteiger partial charge >= 0.3 is 0 Å². The monoisotopic (exact) mass is 345 g/mol. The Balaban J connectivity index is 1.56. The Morgan fingerprint density at radius 2 is 1.92 bits per heavy atom. The van der Waals surface area contributed by atoms with Crippen molar-refractivity contribution in [3.8, 4) is 0 Å². The van der Waals surface area contributed by atoms with Crippen LogP contribution in [0.2, 0.25) is 0 Å². The Bertz CT molecular complexity index is 565. The summed E-state index contributed by atoms with van der Waals surface area (Å²) in [6.45, 7) is 6.41. The normalized spacial score (nSPS) is 24.0. The van der Waals surface area contributed by atoms with Gasteiger partial charge in [0.1, 0.15) is 0 Å². The van der Waals surface area contributed by atoms with Crippen LogP contribution in [-0.4, -0.2) is 61.8 Å². The second kappa shape index (κ2) is 8.30. The van der Waals surface area contributed by atoms with Crippen LogP contribution in [0.1, 0.15) is 31.4 Å². The standard InChI is InChI=1S/C20H31N3O2/c1-14(2)23-13-18(12-19(23)20(24)21-8-9-25-3)22-17-10-15-6-4-5-7-16(15)11-17/h4-7,14,17-19,22H,8-13H2,1-3H3,(H,21,24)/t18-,19-/m0/s1. The summed E-state index contributed by atoms with van der Waals surface area (Å²) < 4.78 is 5.03. The quantitative estimate of drug-likeness (QED) is 0.733. The van der Waals surface area contributed by atoms with Crippen molar-refractivity contribution >= 4 is 5.91 Å². The van der Waals surface area contributed by atoms with Gasteiger partial charge in [-0.2, -0.15) is 0 Å². The third-order valence-corrected chi connectivity index (χ3v) is 5.43. The van der Waals surface area contributed by atoms with E-state index in [-0.39, 0.29) is 11.9 Å². The zero-order valence-electron chi connectivity index (χ0n) is 15.6. The molecule has 0 unspecified atom stereocenters. The molecule has 1 aromatic rings. The Hall–Kier alpha value is -1.43. The number of nitrogens with one attached hydrogen (secondary N) is 2. The SMILES string of the molecule is COCCNC(=O)[C@@H]1C[C@H](NC2Cc3ccccc3C2)CN1C(C)C. The summed E-state index contributed by atoms with van der Waals surface area (Å²) in [6.07, 6.45) is 3.07. The number of likely N-dealkylation sites (tertiary alicyclic amines) is 1. The fourth-order valence-electron chi connectivity index (χ4n) is 4.21. The zero-order chi connectivity index (χ0) is 17.8. The molecule has 0 saturated carbocycles. The number of carbonyl (C=O) groups is 1. The molecule has 2 N–H and O–H groups in total. The number of fused-ring (bicyclic) bond motifs is 1. The molecule has 0 radical (unpaired) electrons. The lowest BCUT2D eigenvalue weighted by Crippen LogP contribution is -2.46. The van der Waals surface area contributed by atoms with Gasteiger partial charge in [0, 0.05) is 38.3 Å². The van der Waals surface area contributed by atoms with Crippen LogP contribution in [0, 0.1) is 0 Å². The Labute approximate surface area is 151 Å². The molecule has 2 atom stereocenters. The van der Waals surface area contributed by atoms with Gasteiger partial charge in [-0.25, -0.2) is 0 Å². The maximum Gasteiger partial charge on any atom is 0.237 e. The van der Waals surface area contributed by atoms with Crippen LogP contribution in [0.4, 0.5) is 0 Å². The van der Waals surface area contributed by atoms with E-state index in [9.17, 15) is 4.79 Å². The van der Waals surface area contributed by atoms with E-state index in [1.54, 1.807) is 7.11 Å². The minimum atomic E-state index is -0.0434. The van der Waals surface area contributed by atoms with Crippen LogP contribution in [0.5, 0.6) is 0 Å². The average molecular weight is 345 g/mol. The van der Waals surface area contributed by atoms with Gasteiger partial charge in [0.2, 0.25) is 5.91 Å². The Kier molecular flexibility index (Phi) is 6.10. The van der Waals surface area contributed by atoms with Gasteiger partial charge < -0.3 is 15.4 Å². The third-order valence-electron chi connectivity index (χ3n) is 5.43. The first-order valence-electron chi connectivity index (χ1n) is 9.43. The second-order valence-corrected chi connectivity index (χ2v) is 7.56. The maximum absolute atomic E-state index is 12.6. The molecular formula is C20H31N3O2. The van der Waals surface area contributed by atoms with Crippen LogP contribution < -0.4 is 10.6 Å². The molecule has 1 fully saturated rings. The van der Waals surface area contributed by atoms with Crippen molar-refractivity contribution in [1.29, 1.82) is 0 Å². The van der Waals surface area contributed by atoms with Gasteiger partial charge in [0.25, 0.3) is 0 Å². The first-order valence-corrected chi connectivity index (χ1v) is 9.43. The number of ether oxygens (including phenoxy) is 1. The van der Waals surface area contributed by atoms with Crippen LogP contribution in [0.25, 0.3) is 0 Å². The van der Waals surface area contributed by atoms with Crippen molar-refractivity contribution < 1.29 is 9.53 Å². The van der Waals surface area contributed by atoms with E-state index in [4.69, 9.17) is 4.74 Å². The largest absolute Gasteiger partial charge is 0.383 e. The lowest BCUT2D eigenvalue weighted by Gasteiger charge is -2.27. The number of methoxy groups -OCH3 is 1. The molecule has 2 aliphatic rings. The van der Waals surface area contributed by atoms with Crippen LogP contribution in [0.15, 0.2) is 24.3 Å². The first-order chi connectivity index (χ1) is 12.1. The molecule has 1 amide bonds. The van der Waals surface area contributed by atoms with Crippen LogP contribution >= 0.6 is 0 Å². The third kappa shape index (κ3) is 4.40. The molecule has 0 bridgehead atoms. The summed E-state index contributed by atoms with van der Waals surface area (Å²) in [6, 6.07) is 9.90. The molecular weight excluding hydrogens is 314 g/mol. The number of amides is 1. The van der Waals surface area contributed by atoms with E-state index in [0.717, 1.165) is 25.8 Å². The van der Waals surface area contributed by atoms with E-state index in [0.29, 0.717) is 31.3 Å². The Morgan fingerprint density at radius 1 is 1.24 bits per heavy atom. The smallest absolute Gasteiger partial charge is 0.237 e. The van der Waals surface area contributed by atoms with E-state index < -0.39 is 0 Å². The predicted octanol–water partition coefficient (Wildman–Crippen LogP) is 1.36. The van der Waals surface area contributed by atoms with Crippen molar-refractivity contribution in [3.05, 3.63) is 35.4 Å². The minimum Gasteiger partial charge on any atom is -0.383 e. The van der Waals surface area contributed by atoms with Crippen molar-refractivity contribution in [2.75, 3.05) is 26.8 Å². The number of benzene rings is 1. The zero-order valence-corrected chi connectivity index (χ0v) is 15.6. The highest BCUT2D eigenvalue weighted by Gasteiger charge is 2.39. The highest BCUT2D eigenvalue weighted by Crippen LogP contribution is 2.25. The van der Waals surface area contributed by atoms with Crippen molar-refractivity contribution in [2.45, 2.75) is 57.3 Å². The Morgan fingerprint density at radius 3 is 2.52 bits per heavy atom. The van der Waals surface area contributed by atoms with Crippen LogP contribution in [-0.2, 0) is 22.4 Å². The fourth-order valence-corrected chi connectivity index (χ4v) is 4.21. The molecule has 1 heterocycles. The van der Waals surface area contributed by atoms with E-state index in [1.165, 1.54) is 11.1 Å². The molecule has 25 heavy (non-hydrogen) atoms. The minimum absolute atomic E-state index is 0.0434. The van der Waals surface area contributed by atoms with Crippen molar-refractivity contribution in [1.82, 2.24) is 15.5 Å². The molecule has 5 heteroatoms. The summed E-state index contributed by atoms with van der Waals surface area (Å²) in [7, 11) is 1.65. The van der Waals surface area contributed by atoms with Gasteiger partial charge in [-0.05, 0) is 44.2 Å². The average Bonchev–Trinajstić information content (AvgIpc) is 3.18. The molecule has 5 nitrogen and oxygen atoms in total. The lowest BCUT2D eigenvalue weighted by molar-refractivity contribution is -0.126. The molecule has 1 saturated heterocycles.